The highest BCUT2D eigenvalue weighted by Crippen LogP contribution is 2.00. The van der Waals surface area contributed by atoms with Gasteiger partial charge in [-0.05, 0) is 13.8 Å². The van der Waals surface area contributed by atoms with E-state index in [-0.39, 0.29) is 31.4 Å². The van der Waals surface area contributed by atoms with E-state index in [1.165, 1.54) is 11.4 Å². The Morgan fingerprint density at radius 1 is 1.47 bits per heavy atom. The molecule has 88 valence electrons. The molecule has 0 saturated carbocycles. The molecule has 0 N–H and O–H groups in total. The third kappa shape index (κ3) is 6.44. The zero-order chi connectivity index (χ0) is 11.9. The topological polar surface area (TPSA) is 70.4 Å². The molecule has 0 aliphatic rings. The number of hydrogen-bond acceptors (Lipinski definition) is 4. The van der Waals surface area contributed by atoms with Gasteiger partial charge >= 0.3 is 0 Å². The highest BCUT2D eigenvalue weighted by Gasteiger charge is 2.17. The highest BCUT2D eigenvalue weighted by atomic mass is 32.2. The number of rotatable bonds is 7. The van der Waals surface area contributed by atoms with Crippen molar-refractivity contribution in [3.05, 3.63) is 0 Å². The van der Waals surface area contributed by atoms with Crippen LogP contribution < -0.4 is 0 Å². The summed E-state index contributed by atoms with van der Waals surface area (Å²) in [5.74, 6) is -0.0346. The van der Waals surface area contributed by atoms with Crippen LogP contribution in [0.3, 0.4) is 0 Å². The van der Waals surface area contributed by atoms with Crippen molar-refractivity contribution in [1.82, 2.24) is 4.31 Å². The number of nitrogens with zero attached hydrogens (tertiary/aromatic N) is 2. The summed E-state index contributed by atoms with van der Waals surface area (Å²) in [4.78, 5) is 0. The van der Waals surface area contributed by atoms with E-state index < -0.39 is 10.0 Å². The van der Waals surface area contributed by atoms with Crippen LogP contribution in [-0.4, -0.2) is 44.8 Å². The maximum Gasteiger partial charge on any atom is 0.216 e. The van der Waals surface area contributed by atoms with Crippen LogP contribution in [0.15, 0.2) is 0 Å². The molecule has 0 aromatic heterocycles. The first-order valence-corrected chi connectivity index (χ1v) is 6.43. The SMILES string of the molecule is CC(C)OCCS(=O)(=O)N(C)CCC#N. The summed E-state index contributed by atoms with van der Waals surface area (Å²) in [6, 6.07) is 1.91. The molecule has 5 nitrogen and oxygen atoms in total. The minimum Gasteiger partial charge on any atom is -0.378 e. The molecule has 0 radical (unpaired) electrons. The smallest absolute Gasteiger partial charge is 0.216 e. The molecule has 0 atom stereocenters. The largest absolute Gasteiger partial charge is 0.378 e. The first-order chi connectivity index (χ1) is 6.90. The summed E-state index contributed by atoms with van der Waals surface area (Å²) in [5, 5.41) is 8.33. The fourth-order valence-corrected chi connectivity index (χ4v) is 1.88. The molecule has 0 aliphatic heterocycles. The Hall–Kier alpha value is -0.640. The minimum atomic E-state index is -3.27. The van der Waals surface area contributed by atoms with Crippen LogP contribution in [0.1, 0.15) is 20.3 Å². The Balaban J connectivity index is 4.01. The lowest BCUT2D eigenvalue weighted by Crippen LogP contribution is -2.32. The van der Waals surface area contributed by atoms with Crippen molar-refractivity contribution in [1.29, 1.82) is 5.26 Å². The lowest BCUT2D eigenvalue weighted by Gasteiger charge is -2.16. The second kappa shape index (κ2) is 6.77. The molecule has 0 amide bonds. The average Bonchev–Trinajstić information content (AvgIpc) is 2.13. The van der Waals surface area contributed by atoms with Crippen LogP contribution in [0.2, 0.25) is 0 Å². The molecule has 0 unspecified atom stereocenters. The van der Waals surface area contributed by atoms with Crippen LogP contribution in [0.25, 0.3) is 0 Å². The third-order valence-electron chi connectivity index (χ3n) is 1.81. The fraction of sp³-hybridized carbons (Fsp3) is 0.889. The summed E-state index contributed by atoms with van der Waals surface area (Å²) in [6.07, 6.45) is 0.241. The molecule has 15 heavy (non-hydrogen) atoms. The van der Waals surface area contributed by atoms with E-state index in [0.717, 1.165) is 0 Å². The number of ether oxygens (including phenoxy) is 1. The van der Waals surface area contributed by atoms with Gasteiger partial charge in [-0.2, -0.15) is 5.26 Å². The normalized spacial score (nSPS) is 12.0. The Morgan fingerprint density at radius 2 is 2.07 bits per heavy atom. The maximum absolute atomic E-state index is 11.6. The van der Waals surface area contributed by atoms with Gasteiger partial charge in [-0.25, -0.2) is 12.7 Å². The van der Waals surface area contributed by atoms with E-state index in [2.05, 4.69) is 0 Å². The highest BCUT2D eigenvalue weighted by molar-refractivity contribution is 7.89. The summed E-state index contributed by atoms with van der Waals surface area (Å²) in [7, 11) is -1.80. The van der Waals surface area contributed by atoms with E-state index in [1.54, 1.807) is 0 Å². The van der Waals surface area contributed by atoms with E-state index in [1.807, 2.05) is 19.9 Å². The Bertz CT molecular complexity index is 306. The molecule has 0 bridgehead atoms. The van der Waals surface area contributed by atoms with Crippen LogP contribution in [0.5, 0.6) is 0 Å². The van der Waals surface area contributed by atoms with E-state index in [0.29, 0.717) is 0 Å². The van der Waals surface area contributed by atoms with Crippen LogP contribution >= 0.6 is 0 Å². The molecule has 0 saturated heterocycles. The zero-order valence-corrected chi connectivity index (χ0v) is 10.2. The van der Waals surface area contributed by atoms with Crippen molar-refractivity contribution < 1.29 is 13.2 Å². The van der Waals surface area contributed by atoms with Crippen molar-refractivity contribution in [2.75, 3.05) is 26.0 Å². The Kier molecular flexibility index (Phi) is 6.48. The maximum atomic E-state index is 11.6. The van der Waals surface area contributed by atoms with Gasteiger partial charge in [-0.15, -0.1) is 0 Å². The third-order valence-corrected chi connectivity index (χ3v) is 3.62. The minimum absolute atomic E-state index is 0.0321. The molecule has 0 rings (SSSR count). The van der Waals surface area contributed by atoms with E-state index in [9.17, 15) is 8.42 Å². The Labute approximate surface area is 91.7 Å². The molecule has 0 heterocycles. The quantitative estimate of drug-likeness (QED) is 0.646. The summed E-state index contributed by atoms with van der Waals surface area (Å²) < 4.78 is 29.5. The first-order valence-electron chi connectivity index (χ1n) is 4.82. The Morgan fingerprint density at radius 3 is 2.53 bits per heavy atom. The molecular formula is C9H18N2O3S. The fourth-order valence-electron chi connectivity index (χ4n) is 0.891. The van der Waals surface area contributed by atoms with Crippen molar-refractivity contribution in [2.45, 2.75) is 26.4 Å². The van der Waals surface area contributed by atoms with Crippen LogP contribution in [0, 0.1) is 11.3 Å². The lowest BCUT2D eigenvalue weighted by molar-refractivity contribution is 0.0908. The van der Waals surface area contributed by atoms with Crippen molar-refractivity contribution in [3.63, 3.8) is 0 Å². The van der Waals surface area contributed by atoms with Gasteiger partial charge in [-0.1, -0.05) is 0 Å². The number of hydrogen-bond donors (Lipinski definition) is 0. The standard InChI is InChI=1S/C9H18N2O3S/c1-9(2)14-7-8-15(12,13)11(3)6-4-5-10/h9H,4,6-8H2,1-3H3. The molecule has 0 aromatic carbocycles. The summed E-state index contributed by atoms with van der Waals surface area (Å²) in [5.41, 5.74) is 0. The monoisotopic (exact) mass is 234 g/mol. The summed E-state index contributed by atoms with van der Waals surface area (Å²) in [6.45, 7) is 4.13. The lowest BCUT2D eigenvalue weighted by atomic mass is 10.5. The van der Waals surface area contributed by atoms with Crippen LogP contribution in [-0.2, 0) is 14.8 Å². The van der Waals surface area contributed by atoms with Gasteiger partial charge in [0.05, 0.1) is 24.5 Å². The van der Waals surface area contributed by atoms with Gasteiger partial charge in [-0.3, -0.25) is 0 Å². The molecule has 0 fully saturated rings. The van der Waals surface area contributed by atoms with Gasteiger partial charge in [0.2, 0.25) is 10.0 Å². The molecule has 0 spiro atoms. The molecule has 0 aliphatic carbocycles. The predicted octanol–water partition coefficient (Wildman–Crippen LogP) is 0.587. The predicted molar refractivity (Wildman–Crippen MR) is 57.7 cm³/mol. The van der Waals surface area contributed by atoms with Gasteiger partial charge in [0.1, 0.15) is 0 Å². The average molecular weight is 234 g/mol. The van der Waals surface area contributed by atoms with Crippen molar-refractivity contribution in [2.24, 2.45) is 0 Å². The van der Waals surface area contributed by atoms with Crippen molar-refractivity contribution >= 4 is 10.0 Å². The number of nitriles is 1. The van der Waals surface area contributed by atoms with Gasteiger partial charge in [0.15, 0.2) is 0 Å². The van der Waals surface area contributed by atoms with E-state index >= 15 is 0 Å². The van der Waals surface area contributed by atoms with Crippen LogP contribution in [0.4, 0.5) is 0 Å². The van der Waals surface area contributed by atoms with Gasteiger partial charge < -0.3 is 4.74 Å². The molecule has 0 aromatic rings. The molecular weight excluding hydrogens is 216 g/mol. The second-order valence-electron chi connectivity index (χ2n) is 3.47. The van der Waals surface area contributed by atoms with E-state index in [4.69, 9.17) is 10.00 Å². The second-order valence-corrected chi connectivity index (χ2v) is 5.66. The molecule has 6 heteroatoms. The summed E-state index contributed by atoms with van der Waals surface area (Å²) >= 11 is 0. The first kappa shape index (κ1) is 14.4. The number of sulfonamides is 1. The van der Waals surface area contributed by atoms with Gasteiger partial charge in [0, 0.05) is 20.0 Å². The van der Waals surface area contributed by atoms with Gasteiger partial charge in [0.25, 0.3) is 0 Å². The van der Waals surface area contributed by atoms with Crippen molar-refractivity contribution in [3.8, 4) is 6.07 Å². The zero-order valence-electron chi connectivity index (χ0n) is 9.43.